The Morgan fingerprint density at radius 2 is 1.85 bits per heavy atom. The Balaban J connectivity index is 3.20. The average Bonchev–Trinajstić information content (AvgIpc) is 2.04. The van der Waals surface area contributed by atoms with Gasteiger partial charge in [0.2, 0.25) is 0 Å². The van der Waals surface area contributed by atoms with Gasteiger partial charge in [0.15, 0.2) is 5.78 Å². The number of aliphatic hydroxyl groups is 1. The van der Waals surface area contributed by atoms with Crippen LogP contribution in [0.1, 0.15) is 19.4 Å². The first kappa shape index (κ1) is 9.45. The van der Waals surface area contributed by atoms with Gasteiger partial charge in [-0.3, -0.25) is 9.78 Å². The lowest BCUT2D eigenvalue weighted by Gasteiger charge is -2.03. The zero-order chi connectivity index (χ0) is 9.84. The predicted molar refractivity (Wildman–Crippen MR) is 50.1 cm³/mol. The molecule has 0 spiro atoms. The molecular weight excluding hydrogens is 166 g/mol. The minimum atomic E-state index is -0.147. The summed E-state index contributed by atoms with van der Waals surface area (Å²) in [5.41, 5.74) is 1.05. The van der Waals surface area contributed by atoms with Gasteiger partial charge in [0, 0.05) is 12.4 Å². The summed E-state index contributed by atoms with van der Waals surface area (Å²) in [6, 6.07) is 3.38. The van der Waals surface area contributed by atoms with E-state index in [0.717, 1.165) is 0 Å². The molecule has 0 aromatic carbocycles. The number of carbonyl (C=O) groups is 1. The van der Waals surface area contributed by atoms with E-state index in [0.29, 0.717) is 11.1 Å². The maximum absolute atomic E-state index is 11.1. The lowest BCUT2D eigenvalue weighted by Crippen LogP contribution is -1.99. The topological polar surface area (TPSA) is 50.2 Å². The second-order valence-electron chi connectivity index (χ2n) is 2.75. The number of rotatable bonds is 2. The molecule has 0 aliphatic heterocycles. The molecule has 1 heterocycles. The Bertz CT molecular complexity index is 337. The van der Waals surface area contributed by atoms with Crippen LogP contribution in [0.3, 0.4) is 0 Å². The third kappa shape index (κ3) is 2.15. The molecule has 13 heavy (non-hydrogen) atoms. The molecule has 0 aliphatic carbocycles. The third-order valence-electron chi connectivity index (χ3n) is 1.68. The molecule has 0 bridgehead atoms. The summed E-state index contributed by atoms with van der Waals surface area (Å²) in [5.74, 6) is -0.107. The fraction of sp³-hybridized carbons (Fsp3) is 0.200. The SMILES string of the molecule is CC(=O)C(=C(C)O)c1ccncc1. The summed E-state index contributed by atoms with van der Waals surface area (Å²) < 4.78 is 0. The van der Waals surface area contributed by atoms with Crippen molar-refractivity contribution in [3.05, 3.63) is 35.8 Å². The van der Waals surface area contributed by atoms with Gasteiger partial charge in [0.05, 0.1) is 5.57 Å². The number of aromatic nitrogens is 1. The maximum atomic E-state index is 11.1. The highest BCUT2D eigenvalue weighted by atomic mass is 16.3. The molecule has 3 heteroatoms. The van der Waals surface area contributed by atoms with Gasteiger partial charge in [-0.05, 0) is 31.5 Å². The van der Waals surface area contributed by atoms with E-state index in [-0.39, 0.29) is 11.5 Å². The van der Waals surface area contributed by atoms with Crippen LogP contribution < -0.4 is 0 Å². The standard InChI is InChI=1S/C10H11NO2/c1-7(12)10(8(2)13)9-3-5-11-6-4-9/h3-6,12H,1-2H3. The van der Waals surface area contributed by atoms with Crippen molar-refractivity contribution >= 4 is 11.4 Å². The zero-order valence-corrected chi connectivity index (χ0v) is 7.61. The lowest BCUT2D eigenvalue weighted by molar-refractivity contribution is -0.111. The largest absolute Gasteiger partial charge is 0.512 e. The van der Waals surface area contributed by atoms with Crippen LogP contribution in [0, 0.1) is 0 Å². The number of carbonyl (C=O) groups excluding carboxylic acids is 1. The van der Waals surface area contributed by atoms with Crippen LogP contribution in [-0.2, 0) is 4.79 Å². The molecule has 1 aromatic rings. The minimum Gasteiger partial charge on any atom is -0.512 e. The van der Waals surface area contributed by atoms with Gasteiger partial charge in [0.1, 0.15) is 5.76 Å². The highest BCUT2D eigenvalue weighted by Crippen LogP contribution is 2.17. The first-order valence-corrected chi connectivity index (χ1v) is 3.94. The molecule has 1 rings (SSSR count). The number of nitrogens with zero attached hydrogens (tertiary/aromatic N) is 1. The van der Waals surface area contributed by atoms with Crippen molar-refractivity contribution < 1.29 is 9.90 Å². The Kier molecular flexibility index (Phi) is 2.80. The van der Waals surface area contributed by atoms with E-state index >= 15 is 0 Å². The van der Waals surface area contributed by atoms with E-state index in [1.54, 1.807) is 24.5 Å². The molecular formula is C10H11NO2. The van der Waals surface area contributed by atoms with Crippen molar-refractivity contribution in [3.8, 4) is 0 Å². The number of aliphatic hydroxyl groups excluding tert-OH is 1. The van der Waals surface area contributed by atoms with Gasteiger partial charge in [-0.1, -0.05) is 0 Å². The van der Waals surface area contributed by atoms with E-state index in [1.165, 1.54) is 13.8 Å². The van der Waals surface area contributed by atoms with E-state index in [4.69, 9.17) is 0 Å². The summed E-state index contributed by atoms with van der Waals surface area (Å²) in [6.07, 6.45) is 3.17. The van der Waals surface area contributed by atoms with E-state index in [1.807, 2.05) is 0 Å². The smallest absolute Gasteiger partial charge is 0.163 e. The molecule has 0 fully saturated rings. The average molecular weight is 177 g/mol. The fourth-order valence-electron chi connectivity index (χ4n) is 1.19. The number of pyridine rings is 1. The van der Waals surface area contributed by atoms with Gasteiger partial charge in [0.25, 0.3) is 0 Å². The van der Waals surface area contributed by atoms with Crippen molar-refractivity contribution in [2.24, 2.45) is 0 Å². The molecule has 0 radical (unpaired) electrons. The molecule has 68 valence electrons. The molecule has 1 aromatic heterocycles. The van der Waals surface area contributed by atoms with Crippen molar-refractivity contribution in [1.29, 1.82) is 0 Å². The molecule has 0 unspecified atom stereocenters. The second-order valence-corrected chi connectivity index (χ2v) is 2.75. The molecule has 3 nitrogen and oxygen atoms in total. The van der Waals surface area contributed by atoms with Crippen molar-refractivity contribution in [3.63, 3.8) is 0 Å². The number of hydrogen-bond donors (Lipinski definition) is 1. The zero-order valence-electron chi connectivity index (χ0n) is 7.61. The summed E-state index contributed by atoms with van der Waals surface area (Å²) >= 11 is 0. The summed E-state index contributed by atoms with van der Waals surface area (Å²) in [6.45, 7) is 2.92. The van der Waals surface area contributed by atoms with Crippen LogP contribution in [0.25, 0.3) is 5.57 Å². The van der Waals surface area contributed by atoms with Gasteiger partial charge in [-0.25, -0.2) is 0 Å². The van der Waals surface area contributed by atoms with E-state index in [9.17, 15) is 9.90 Å². The molecule has 0 atom stereocenters. The lowest BCUT2D eigenvalue weighted by atomic mass is 10.0. The first-order chi connectivity index (χ1) is 6.13. The molecule has 0 saturated heterocycles. The third-order valence-corrected chi connectivity index (χ3v) is 1.68. The monoisotopic (exact) mass is 177 g/mol. The quantitative estimate of drug-likeness (QED) is 0.555. The molecule has 0 aliphatic rings. The number of allylic oxidation sites excluding steroid dienone is 2. The van der Waals surface area contributed by atoms with Crippen LogP contribution in [0.5, 0.6) is 0 Å². The Morgan fingerprint density at radius 3 is 2.23 bits per heavy atom. The van der Waals surface area contributed by atoms with Gasteiger partial charge < -0.3 is 5.11 Å². The minimum absolute atomic E-state index is 0.0405. The van der Waals surface area contributed by atoms with Crippen molar-refractivity contribution in [2.45, 2.75) is 13.8 Å². The Labute approximate surface area is 76.7 Å². The fourth-order valence-corrected chi connectivity index (χ4v) is 1.19. The highest BCUT2D eigenvalue weighted by Gasteiger charge is 2.09. The molecule has 1 N–H and O–H groups in total. The van der Waals surface area contributed by atoms with Gasteiger partial charge in [-0.2, -0.15) is 0 Å². The normalized spacial score (nSPS) is 12.2. The summed E-state index contributed by atoms with van der Waals surface area (Å²) in [7, 11) is 0. The summed E-state index contributed by atoms with van der Waals surface area (Å²) in [5, 5.41) is 9.27. The van der Waals surface area contributed by atoms with Crippen LogP contribution in [-0.4, -0.2) is 15.9 Å². The predicted octanol–water partition coefficient (Wildman–Crippen LogP) is 1.96. The Hall–Kier alpha value is -1.64. The Morgan fingerprint density at radius 1 is 1.31 bits per heavy atom. The first-order valence-electron chi connectivity index (χ1n) is 3.94. The molecule has 0 amide bonds. The van der Waals surface area contributed by atoms with E-state index in [2.05, 4.69) is 4.98 Å². The van der Waals surface area contributed by atoms with Crippen molar-refractivity contribution in [1.82, 2.24) is 4.98 Å². The van der Waals surface area contributed by atoms with Crippen LogP contribution in [0.15, 0.2) is 30.3 Å². The van der Waals surface area contributed by atoms with Gasteiger partial charge >= 0.3 is 0 Å². The number of hydrogen-bond acceptors (Lipinski definition) is 3. The number of ketones is 1. The van der Waals surface area contributed by atoms with Crippen molar-refractivity contribution in [2.75, 3.05) is 0 Å². The second kappa shape index (κ2) is 3.85. The van der Waals surface area contributed by atoms with E-state index < -0.39 is 0 Å². The summed E-state index contributed by atoms with van der Waals surface area (Å²) in [4.78, 5) is 15.0. The maximum Gasteiger partial charge on any atom is 0.163 e. The van der Waals surface area contributed by atoms with Crippen LogP contribution in [0.4, 0.5) is 0 Å². The van der Waals surface area contributed by atoms with Crippen LogP contribution >= 0.6 is 0 Å². The number of Topliss-reactive ketones (excluding diaryl/α,β-unsaturated/α-hetero) is 1. The van der Waals surface area contributed by atoms with Crippen LogP contribution in [0.2, 0.25) is 0 Å². The van der Waals surface area contributed by atoms with Gasteiger partial charge in [-0.15, -0.1) is 0 Å². The highest BCUT2D eigenvalue weighted by molar-refractivity contribution is 6.19. The molecule has 0 saturated carbocycles.